The maximum atomic E-state index is 13.7. The lowest BCUT2D eigenvalue weighted by Gasteiger charge is -2.14. The predicted octanol–water partition coefficient (Wildman–Crippen LogP) is 2.91. The Morgan fingerprint density at radius 2 is 1.94 bits per heavy atom. The van der Waals surface area contributed by atoms with Crippen LogP contribution in [-0.2, 0) is 10.3 Å². The highest BCUT2D eigenvalue weighted by molar-refractivity contribution is 5.46. The number of benzene rings is 1. The van der Waals surface area contributed by atoms with Crippen LogP contribution in [-0.4, -0.2) is 6.08 Å². The van der Waals surface area contributed by atoms with E-state index in [9.17, 15) is 13.6 Å². The van der Waals surface area contributed by atoms with Crippen LogP contribution in [0, 0.1) is 25.5 Å². The highest BCUT2D eigenvalue weighted by Crippen LogP contribution is 2.50. The Morgan fingerprint density at radius 1 is 1.31 bits per heavy atom. The van der Waals surface area contributed by atoms with E-state index in [0.29, 0.717) is 24.0 Å². The summed E-state index contributed by atoms with van der Waals surface area (Å²) in [6, 6.07) is 1.28. The Hall–Kier alpha value is -1.54. The number of carbonyl (C=O) groups excluding carboxylic acids is 1. The fourth-order valence-corrected chi connectivity index (χ4v) is 1.98. The van der Waals surface area contributed by atoms with Crippen molar-refractivity contribution >= 4 is 6.08 Å². The lowest BCUT2D eigenvalue weighted by Crippen LogP contribution is -2.09. The monoisotopic (exact) mass is 223 g/mol. The van der Waals surface area contributed by atoms with Crippen LogP contribution in [0.1, 0.15) is 29.5 Å². The molecule has 1 aromatic carbocycles. The van der Waals surface area contributed by atoms with Crippen molar-refractivity contribution in [1.82, 2.24) is 0 Å². The third-order valence-corrected chi connectivity index (χ3v) is 3.18. The number of halogens is 2. The molecule has 0 aliphatic heterocycles. The minimum atomic E-state index is -0.721. The van der Waals surface area contributed by atoms with Crippen molar-refractivity contribution < 1.29 is 13.6 Å². The molecule has 0 spiro atoms. The van der Waals surface area contributed by atoms with Crippen LogP contribution in [0.2, 0.25) is 0 Å². The maximum absolute atomic E-state index is 13.7. The summed E-state index contributed by atoms with van der Waals surface area (Å²) < 4.78 is 27.1. The van der Waals surface area contributed by atoms with Gasteiger partial charge in [-0.3, -0.25) is 0 Å². The molecule has 0 atom stereocenters. The lowest BCUT2D eigenvalue weighted by molar-refractivity contribution is 0.542. The van der Waals surface area contributed by atoms with Crippen LogP contribution < -0.4 is 0 Å². The van der Waals surface area contributed by atoms with Crippen molar-refractivity contribution in [2.75, 3.05) is 0 Å². The summed E-state index contributed by atoms with van der Waals surface area (Å²) in [6.07, 6.45) is 2.77. The predicted molar refractivity (Wildman–Crippen MR) is 54.9 cm³/mol. The van der Waals surface area contributed by atoms with Crippen LogP contribution in [0.25, 0.3) is 0 Å². The number of isocyanates is 1. The first-order chi connectivity index (χ1) is 7.52. The zero-order valence-corrected chi connectivity index (χ0v) is 9.10. The van der Waals surface area contributed by atoms with Gasteiger partial charge < -0.3 is 0 Å². The average molecular weight is 223 g/mol. The highest BCUT2D eigenvalue weighted by Gasteiger charge is 2.46. The molecule has 0 saturated heterocycles. The van der Waals surface area contributed by atoms with Crippen molar-refractivity contribution in [2.24, 2.45) is 4.99 Å². The topological polar surface area (TPSA) is 29.4 Å². The van der Waals surface area contributed by atoms with Gasteiger partial charge in [0.05, 0.1) is 5.54 Å². The molecule has 1 fully saturated rings. The van der Waals surface area contributed by atoms with Crippen LogP contribution in [0.3, 0.4) is 0 Å². The first-order valence-corrected chi connectivity index (χ1v) is 5.06. The van der Waals surface area contributed by atoms with Crippen LogP contribution in [0.4, 0.5) is 8.78 Å². The van der Waals surface area contributed by atoms with Crippen LogP contribution >= 0.6 is 0 Å². The van der Waals surface area contributed by atoms with Gasteiger partial charge in [-0.1, -0.05) is 0 Å². The summed E-state index contributed by atoms with van der Waals surface area (Å²) in [4.78, 5) is 14.0. The molecular weight excluding hydrogens is 212 g/mol. The molecule has 2 nitrogen and oxygen atoms in total. The van der Waals surface area contributed by atoms with Gasteiger partial charge >= 0.3 is 0 Å². The zero-order valence-electron chi connectivity index (χ0n) is 9.10. The Labute approximate surface area is 92.0 Å². The molecule has 84 valence electrons. The van der Waals surface area contributed by atoms with Gasteiger partial charge in [-0.15, -0.1) is 0 Å². The van der Waals surface area contributed by atoms with Gasteiger partial charge in [0.15, 0.2) is 0 Å². The fraction of sp³-hybridized carbons (Fsp3) is 0.417. The molecule has 2 rings (SSSR count). The summed E-state index contributed by atoms with van der Waals surface area (Å²) in [5, 5.41) is 0. The van der Waals surface area contributed by atoms with E-state index in [2.05, 4.69) is 4.99 Å². The number of hydrogen-bond acceptors (Lipinski definition) is 2. The molecule has 0 amide bonds. The normalized spacial score (nSPS) is 16.8. The molecule has 4 heteroatoms. The zero-order chi connectivity index (χ0) is 11.9. The van der Waals surface area contributed by atoms with E-state index in [4.69, 9.17) is 0 Å². The van der Waals surface area contributed by atoms with Gasteiger partial charge in [-0.2, -0.15) is 4.99 Å². The Balaban J connectivity index is 2.63. The minimum Gasteiger partial charge on any atom is -0.211 e. The highest BCUT2D eigenvalue weighted by atomic mass is 19.1. The third kappa shape index (κ3) is 1.46. The van der Waals surface area contributed by atoms with E-state index in [0.717, 1.165) is 0 Å². The Morgan fingerprint density at radius 3 is 2.44 bits per heavy atom. The molecular formula is C12H11F2NO. The smallest absolute Gasteiger partial charge is 0.211 e. The molecule has 0 unspecified atom stereocenters. The van der Waals surface area contributed by atoms with Crippen LogP contribution in [0.5, 0.6) is 0 Å². The van der Waals surface area contributed by atoms with Crippen molar-refractivity contribution in [1.29, 1.82) is 0 Å². The molecule has 0 heterocycles. The Kier molecular flexibility index (Phi) is 2.39. The van der Waals surface area contributed by atoms with Gasteiger partial charge in [-0.05, 0) is 43.9 Å². The summed E-state index contributed by atoms with van der Waals surface area (Å²) in [7, 11) is 0. The van der Waals surface area contributed by atoms with E-state index < -0.39 is 17.2 Å². The third-order valence-electron chi connectivity index (χ3n) is 3.18. The molecule has 0 aromatic heterocycles. The van der Waals surface area contributed by atoms with E-state index in [1.54, 1.807) is 6.92 Å². The second-order valence-electron chi connectivity index (χ2n) is 4.20. The molecule has 0 N–H and O–H groups in total. The SMILES string of the molecule is Cc1c(F)cc(C2(N=C=O)CC2)c(C)c1F. The van der Waals surface area contributed by atoms with Gasteiger partial charge in [-0.25, -0.2) is 13.6 Å². The van der Waals surface area contributed by atoms with Crippen molar-refractivity contribution in [3.63, 3.8) is 0 Å². The first kappa shape index (κ1) is 11.0. The van der Waals surface area contributed by atoms with Crippen molar-refractivity contribution in [3.8, 4) is 0 Å². The number of nitrogens with zero attached hydrogens (tertiary/aromatic N) is 1. The number of hydrogen-bond donors (Lipinski definition) is 0. The minimum absolute atomic E-state index is 0.00660. The molecule has 1 aromatic rings. The molecule has 1 aliphatic carbocycles. The lowest BCUT2D eigenvalue weighted by atomic mass is 9.96. The van der Waals surface area contributed by atoms with E-state index in [1.165, 1.54) is 19.1 Å². The molecule has 0 radical (unpaired) electrons. The fourth-order valence-electron chi connectivity index (χ4n) is 1.98. The van der Waals surface area contributed by atoms with Crippen LogP contribution in [0.15, 0.2) is 11.1 Å². The summed E-state index contributed by atoms with van der Waals surface area (Å²) in [5.74, 6) is -1.15. The second kappa shape index (κ2) is 3.49. The van der Waals surface area contributed by atoms with Gasteiger partial charge in [0.2, 0.25) is 6.08 Å². The largest absolute Gasteiger partial charge is 0.235 e. The first-order valence-electron chi connectivity index (χ1n) is 5.06. The summed E-state index contributed by atoms with van der Waals surface area (Å²) in [6.45, 7) is 2.97. The summed E-state index contributed by atoms with van der Waals surface area (Å²) >= 11 is 0. The van der Waals surface area contributed by atoms with Gasteiger partial charge in [0, 0.05) is 5.56 Å². The molecule has 16 heavy (non-hydrogen) atoms. The molecule has 1 saturated carbocycles. The quantitative estimate of drug-likeness (QED) is 0.560. The maximum Gasteiger partial charge on any atom is 0.235 e. The van der Waals surface area contributed by atoms with Crippen molar-refractivity contribution in [3.05, 3.63) is 34.4 Å². The van der Waals surface area contributed by atoms with Crippen molar-refractivity contribution in [2.45, 2.75) is 32.2 Å². The van der Waals surface area contributed by atoms with E-state index >= 15 is 0 Å². The molecule has 0 bridgehead atoms. The summed E-state index contributed by atoms with van der Waals surface area (Å²) in [5.41, 5.74) is 0.125. The molecule has 1 aliphatic rings. The van der Waals surface area contributed by atoms with Gasteiger partial charge in [0.25, 0.3) is 0 Å². The second-order valence-corrected chi connectivity index (χ2v) is 4.20. The number of rotatable bonds is 2. The Bertz CT molecular complexity index is 500. The average Bonchev–Trinajstić information content (AvgIpc) is 3.02. The van der Waals surface area contributed by atoms with Gasteiger partial charge in [0.1, 0.15) is 11.6 Å². The standard InChI is InChI=1S/C12H11F2NO/c1-7-9(12(3-4-12)15-6-16)5-10(13)8(2)11(7)14/h5H,3-4H2,1-2H3. The van der Waals surface area contributed by atoms with E-state index in [-0.39, 0.29) is 5.56 Å². The van der Waals surface area contributed by atoms with E-state index in [1.807, 2.05) is 0 Å². The number of aliphatic imine (C=N–C) groups is 1.